The Balaban J connectivity index is 2.41. The van der Waals surface area contributed by atoms with Crippen molar-refractivity contribution in [1.82, 2.24) is 4.98 Å². The third-order valence-electron chi connectivity index (χ3n) is 2.82. The van der Waals surface area contributed by atoms with Gasteiger partial charge in [-0.05, 0) is 37.1 Å². The number of aryl methyl sites for hydroxylation is 2. The second kappa shape index (κ2) is 5.92. The van der Waals surface area contributed by atoms with Gasteiger partial charge in [0, 0.05) is 17.2 Å². The average molecular weight is 304 g/mol. The van der Waals surface area contributed by atoms with Crippen molar-refractivity contribution in [3.8, 4) is 0 Å². The first-order valence-electron chi connectivity index (χ1n) is 6.01. The molecule has 0 aliphatic heterocycles. The van der Waals surface area contributed by atoms with Crippen LogP contribution in [0.4, 0.5) is 5.69 Å². The quantitative estimate of drug-likeness (QED) is 0.686. The van der Waals surface area contributed by atoms with Gasteiger partial charge in [-0.25, -0.2) is 9.78 Å². The second-order valence-corrected chi connectivity index (χ2v) is 5.54. The van der Waals surface area contributed by atoms with E-state index in [0.717, 1.165) is 11.8 Å². The molecule has 1 aromatic heterocycles. The van der Waals surface area contributed by atoms with Crippen molar-refractivity contribution >= 4 is 23.4 Å². The lowest BCUT2D eigenvalue weighted by molar-refractivity contribution is -0.388. The first-order valence-corrected chi connectivity index (χ1v) is 6.83. The molecule has 0 aliphatic rings. The number of hydrogen-bond acceptors (Lipinski definition) is 5. The Morgan fingerprint density at radius 3 is 2.67 bits per heavy atom. The number of aromatic nitrogens is 1. The van der Waals surface area contributed by atoms with Gasteiger partial charge in [0.05, 0.1) is 10.5 Å². The van der Waals surface area contributed by atoms with Crippen LogP contribution < -0.4 is 0 Å². The number of carbonyl (C=O) groups is 1. The van der Waals surface area contributed by atoms with E-state index in [1.807, 2.05) is 0 Å². The summed E-state index contributed by atoms with van der Waals surface area (Å²) < 4.78 is 0. The topological polar surface area (TPSA) is 93.3 Å². The molecule has 1 aromatic carbocycles. The van der Waals surface area contributed by atoms with Gasteiger partial charge in [-0.1, -0.05) is 17.8 Å². The Hall–Kier alpha value is -2.41. The Morgan fingerprint density at radius 2 is 2.05 bits per heavy atom. The molecule has 0 saturated heterocycles. The predicted molar refractivity (Wildman–Crippen MR) is 77.9 cm³/mol. The highest BCUT2D eigenvalue weighted by molar-refractivity contribution is 7.99. The molecule has 2 aromatic rings. The summed E-state index contributed by atoms with van der Waals surface area (Å²) in [4.78, 5) is 26.3. The van der Waals surface area contributed by atoms with E-state index in [2.05, 4.69) is 4.98 Å². The zero-order chi connectivity index (χ0) is 15.6. The summed E-state index contributed by atoms with van der Waals surface area (Å²) >= 11 is 1.08. The van der Waals surface area contributed by atoms with Crippen LogP contribution in [-0.2, 0) is 0 Å². The molecule has 0 fully saturated rings. The molecule has 108 valence electrons. The van der Waals surface area contributed by atoms with Gasteiger partial charge in [0.25, 0.3) is 0 Å². The Morgan fingerprint density at radius 1 is 1.33 bits per heavy atom. The average Bonchev–Trinajstić information content (AvgIpc) is 2.42. The number of nitro groups is 1. The van der Waals surface area contributed by atoms with Crippen molar-refractivity contribution in [1.29, 1.82) is 0 Å². The molecule has 0 unspecified atom stereocenters. The summed E-state index contributed by atoms with van der Waals surface area (Å²) in [6, 6.07) is 6.33. The summed E-state index contributed by atoms with van der Waals surface area (Å²) in [5.74, 6) is -1.03. The molecule has 21 heavy (non-hydrogen) atoms. The van der Waals surface area contributed by atoms with Crippen LogP contribution >= 0.6 is 11.8 Å². The van der Waals surface area contributed by atoms with E-state index in [9.17, 15) is 14.9 Å². The molecular formula is C14H12N2O4S. The maximum Gasteiger partial charge on any atom is 0.335 e. The highest BCUT2D eigenvalue weighted by Crippen LogP contribution is 2.34. The zero-order valence-corrected chi connectivity index (χ0v) is 12.2. The van der Waals surface area contributed by atoms with Crippen molar-refractivity contribution < 1.29 is 14.8 Å². The molecule has 0 saturated carbocycles. The number of benzene rings is 1. The van der Waals surface area contributed by atoms with Crippen LogP contribution in [0.15, 0.2) is 40.4 Å². The van der Waals surface area contributed by atoms with Gasteiger partial charge in [-0.2, -0.15) is 0 Å². The highest BCUT2D eigenvalue weighted by atomic mass is 32.2. The lowest BCUT2D eigenvalue weighted by Crippen LogP contribution is -2.00. The summed E-state index contributed by atoms with van der Waals surface area (Å²) in [5, 5.41) is 20.4. The first-order chi connectivity index (χ1) is 9.88. The zero-order valence-electron chi connectivity index (χ0n) is 11.4. The van der Waals surface area contributed by atoms with Crippen LogP contribution in [-0.4, -0.2) is 21.0 Å². The van der Waals surface area contributed by atoms with Crippen LogP contribution in [0.25, 0.3) is 0 Å². The molecule has 0 atom stereocenters. The number of nitrogens with zero attached hydrogens (tertiary/aromatic N) is 2. The summed E-state index contributed by atoms with van der Waals surface area (Å²) in [7, 11) is 0. The number of rotatable bonds is 4. The van der Waals surface area contributed by atoms with E-state index in [4.69, 9.17) is 5.11 Å². The van der Waals surface area contributed by atoms with Crippen molar-refractivity contribution in [2.24, 2.45) is 0 Å². The smallest absolute Gasteiger partial charge is 0.335 e. The Kier molecular flexibility index (Phi) is 4.23. The van der Waals surface area contributed by atoms with Crippen LogP contribution in [0.5, 0.6) is 0 Å². The number of carboxylic acid groups (broad SMARTS) is 1. The molecule has 0 aliphatic carbocycles. The Bertz CT molecular complexity index is 731. The van der Waals surface area contributed by atoms with Crippen molar-refractivity contribution in [3.63, 3.8) is 0 Å². The number of aromatic carboxylic acids is 1. The maximum atomic E-state index is 11.1. The van der Waals surface area contributed by atoms with Crippen LogP contribution in [0, 0.1) is 24.0 Å². The van der Waals surface area contributed by atoms with E-state index < -0.39 is 10.9 Å². The molecule has 0 amide bonds. The minimum absolute atomic E-state index is 0.0857. The molecule has 0 spiro atoms. The number of hydrogen-bond donors (Lipinski definition) is 1. The fourth-order valence-corrected chi connectivity index (χ4v) is 2.64. The van der Waals surface area contributed by atoms with E-state index >= 15 is 0 Å². The van der Waals surface area contributed by atoms with E-state index in [-0.39, 0.29) is 16.3 Å². The van der Waals surface area contributed by atoms with E-state index in [1.54, 1.807) is 32.2 Å². The monoisotopic (exact) mass is 304 g/mol. The third-order valence-corrected chi connectivity index (χ3v) is 3.82. The molecular weight excluding hydrogens is 292 g/mol. The van der Waals surface area contributed by atoms with Gasteiger partial charge in [0.15, 0.2) is 5.03 Å². The minimum atomic E-state index is -1.03. The second-order valence-electron chi connectivity index (χ2n) is 4.48. The van der Waals surface area contributed by atoms with Gasteiger partial charge in [-0.3, -0.25) is 10.1 Å². The standard InChI is InChI=1S/C14H12N2O4S/c1-8-5-12(16(19)20)13(15-7-8)21-10-4-3-9(2)11(6-10)14(17)18/h3-7H,1-2H3,(H,17,18). The predicted octanol–water partition coefficient (Wildman–Crippen LogP) is 3.46. The highest BCUT2D eigenvalue weighted by Gasteiger charge is 2.17. The van der Waals surface area contributed by atoms with Crippen molar-refractivity contribution in [2.75, 3.05) is 0 Å². The van der Waals surface area contributed by atoms with Gasteiger partial charge in [-0.15, -0.1) is 0 Å². The van der Waals surface area contributed by atoms with Crippen molar-refractivity contribution in [2.45, 2.75) is 23.8 Å². The number of pyridine rings is 1. The third kappa shape index (κ3) is 3.38. The summed E-state index contributed by atoms with van der Waals surface area (Å²) in [6.45, 7) is 3.42. The SMILES string of the molecule is Cc1cnc(Sc2ccc(C)c(C(=O)O)c2)c([N+](=O)[O-])c1. The molecule has 0 radical (unpaired) electrons. The number of carboxylic acids is 1. The fourth-order valence-electron chi connectivity index (χ4n) is 1.76. The fraction of sp³-hybridized carbons (Fsp3) is 0.143. The van der Waals surface area contributed by atoms with Crippen LogP contribution in [0.1, 0.15) is 21.5 Å². The van der Waals surface area contributed by atoms with Gasteiger partial charge in [0.2, 0.25) is 0 Å². The molecule has 2 rings (SSSR count). The van der Waals surface area contributed by atoms with Gasteiger partial charge < -0.3 is 5.11 Å². The normalized spacial score (nSPS) is 10.4. The van der Waals surface area contributed by atoms with E-state index in [1.165, 1.54) is 12.1 Å². The van der Waals surface area contributed by atoms with Crippen molar-refractivity contribution in [3.05, 3.63) is 57.3 Å². The molecule has 1 N–H and O–H groups in total. The lowest BCUT2D eigenvalue weighted by atomic mass is 10.1. The van der Waals surface area contributed by atoms with E-state index in [0.29, 0.717) is 16.0 Å². The molecule has 1 heterocycles. The largest absolute Gasteiger partial charge is 0.478 e. The van der Waals surface area contributed by atoms with Crippen LogP contribution in [0.2, 0.25) is 0 Å². The maximum absolute atomic E-state index is 11.1. The molecule has 0 bridgehead atoms. The first kappa shape index (κ1) is 15.0. The molecule has 7 heteroatoms. The Labute approximate surface area is 125 Å². The minimum Gasteiger partial charge on any atom is -0.478 e. The van der Waals surface area contributed by atoms with Gasteiger partial charge >= 0.3 is 11.7 Å². The van der Waals surface area contributed by atoms with Gasteiger partial charge in [0.1, 0.15) is 0 Å². The summed E-state index contributed by atoms with van der Waals surface area (Å²) in [6.07, 6.45) is 1.54. The lowest BCUT2D eigenvalue weighted by Gasteiger charge is -2.06. The van der Waals surface area contributed by atoms with Crippen LogP contribution in [0.3, 0.4) is 0 Å². The summed E-state index contributed by atoms with van der Waals surface area (Å²) in [5.41, 5.74) is 1.42. The molecule has 6 nitrogen and oxygen atoms in total.